The maximum atomic E-state index is 13.3. The van der Waals surface area contributed by atoms with Crippen LogP contribution >= 0.6 is 15.9 Å². The van der Waals surface area contributed by atoms with Gasteiger partial charge in [-0.05, 0) is 36.2 Å². The molecule has 0 saturated carbocycles. The van der Waals surface area contributed by atoms with Gasteiger partial charge in [0.2, 0.25) is 0 Å². The standard InChI is InChI=1S/C15H12BrFN2O2/c1-7-4-8(2-3-11(7)17)14(20)9-5-12-13(6-10(9)16)19-15(21)18-12/h2-6,14,20H,1H3,(H2,18,19,21). The van der Waals surface area contributed by atoms with Gasteiger partial charge in [-0.2, -0.15) is 0 Å². The number of aliphatic hydroxyl groups excluding tert-OH is 1. The SMILES string of the molecule is Cc1cc(C(O)c2cc3[nH]c(=O)[nH]c3cc2Br)ccc1F. The van der Waals surface area contributed by atoms with E-state index in [2.05, 4.69) is 25.9 Å². The Bertz CT molecular complexity index is 885. The average molecular weight is 351 g/mol. The predicted molar refractivity (Wildman–Crippen MR) is 81.8 cm³/mol. The molecule has 0 aliphatic rings. The summed E-state index contributed by atoms with van der Waals surface area (Å²) in [5, 5.41) is 10.5. The molecule has 0 radical (unpaired) electrons. The fourth-order valence-corrected chi connectivity index (χ4v) is 2.86. The van der Waals surface area contributed by atoms with Crippen molar-refractivity contribution in [3.63, 3.8) is 0 Å². The lowest BCUT2D eigenvalue weighted by atomic mass is 9.99. The van der Waals surface area contributed by atoms with E-state index < -0.39 is 6.10 Å². The van der Waals surface area contributed by atoms with Crippen molar-refractivity contribution in [3.8, 4) is 0 Å². The van der Waals surface area contributed by atoms with Gasteiger partial charge < -0.3 is 15.1 Å². The molecule has 2 aromatic carbocycles. The molecule has 0 bridgehead atoms. The second-order valence-corrected chi connectivity index (χ2v) is 5.76. The van der Waals surface area contributed by atoms with E-state index in [9.17, 15) is 14.3 Å². The molecule has 0 aliphatic carbocycles. The fraction of sp³-hybridized carbons (Fsp3) is 0.133. The van der Waals surface area contributed by atoms with Gasteiger partial charge in [0.15, 0.2) is 0 Å². The molecule has 1 aromatic heterocycles. The van der Waals surface area contributed by atoms with Gasteiger partial charge in [-0.25, -0.2) is 9.18 Å². The molecular formula is C15H12BrFN2O2. The van der Waals surface area contributed by atoms with Crippen LogP contribution in [0.4, 0.5) is 4.39 Å². The smallest absolute Gasteiger partial charge is 0.323 e. The van der Waals surface area contributed by atoms with E-state index in [0.29, 0.717) is 32.2 Å². The number of benzene rings is 2. The maximum Gasteiger partial charge on any atom is 0.323 e. The highest BCUT2D eigenvalue weighted by Crippen LogP contribution is 2.31. The second kappa shape index (κ2) is 5.13. The molecule has 0 aliphatic heterocycles. The van der Waals surface area contributed by atoms with Crippen LogP contribution in [0.3, 0.4) is 0 Å². The number of fused-ring (bicyclic) bond motifs is 1. The van der Waals surface area contributed by atoms with Gasteiger partial charge in [0.25, 0.3) is 0 Å². The Morgan fingerprint density at radius 3 is 2.52 bits per heavy atom. The third-order valence-electron chi connectivity index (χ3n) is 3.43. The van der Waals surface area contributed by atoms with Gasteiger partial charge in [-0.1, -0.05) is 28.1 Å². The molecular weight excluding hydrogens is 339 g/mol. The molecule has 0 fully saturated rings. The minimum atomic E-state index is -0.915. The zero-order valence-corrected chi connectivity index (χ0v) is 12.7. The Labute approximate surface area is 127 Å². The molecule has 0 saturated heterocycles. The van der Waals surface area contributed by atoms with E-state index in [0.717, 1.165) is 0 Å². The Balaban J connectivity index is 2.11. The lowest BCUT2D eigenvalue weighted by Gasteiger charge is -2.14. The van der Waals surface area contributed by atoms with E-state index in [1.54, 1.807) is 31.2 Å². The van der Waals surface area contributed by atoms with E-state index in [-0.39, 0.29) is 11.5 Å². The van der Waals surface area contributed by atoms with E-state index in [1.165, 1.54) is 6.07 Å². The highest BCUT2D eigenvalue weighted by molar-refractivity contribution is 9.10. The lowest BCUT2D eigenvalue weighted by Crippen LogP contribution is -2.02. The highest BCUT2D eigenvalue weighted by atomic mass is 79.9. The summed E-state index contributed by atoms with van der Waals surface area (Å²) < 4.78 is 14.0. The van der Waals surface area contributed by atoms with Crippen LogP contribution in [0.5, 0.6) is 0 Å². The molecule has 3 N–H and O–H groups in total. The molecule has 4 nitrogen and oxygen atoms in total. The number of hydrogen-bond donors (Lipinski definition) is 3. The summed E-state index contributed by atoms with van der Waals surface area (Å²) >= 11 is 3.39. The quantitative estimate of drug-likeness (QED) is 0.664. The summed E-state index contributed by atoms with van der Waals surface area (Å²) in [6.45, 7) is 1.65. The van der Waals surface area contributed by atoms with Crippen LogP contribution in [0, 0.1) is 12.7 Å². The third-order valence-corrected chi connectivity index (χ3v) is 4.11. The molecule has 3 aromatic rings. The maximum absolute atomic E-state index is 13.3. The number of aryl methyl sites for hydroxylation is 1. The molecule has 1 heterocycles. The van der Waals surface area contributed by atoms with Crippen molar-refractivity contribution in [2.45, 2.75) is 13.0 Å². The monoisotopic (exact) mass is 350 g/mol. The number of aromatic amines is 2. The molecule has 3 rings (SSSR count). The molecule has 6 heteroatoms. The Morgan fingerprint density at radius 1 is 1.19 bits per heavy atom. The summed E-state index contributed by atoms with van der Waals surface area (Å²) in [6, 6.07) is 7.90. The summed E-state index contributed by atoms with van der Waals surface area (Å²) in [7, 11) is 0. The number of imidazole rings is 1. The number of rotatable bonds is 2. The van der Waals surface area contributed by atoms with Crippen LogP contribution in [0.25, 0.3) is 11.0 Å². The summed E-state index contributed by atoms with van der Waals surface area (Å²) in [5.74, 6) is -0.310. The largest absolute Gasteiger partial charge is 0.384 e. The van der Waals surface area contributed by atoms with E-state index >= 15 is 0 Å². The average Bonchev–Trinajstić information content (AvgIpc) is 2.79. The number of nitrogens with one attached hydrogen (secondary N) is 2. The molecule has 21 heavy (non-hydrogen) atoms. The van der Waals surface area contributed by atoms with E-state index in [1.807, 2.05) is 0 Å². The van der Waals surface area contributed by atoms with Crippen LogP contribution in [0.2, 0.25) is 0 Å². The number of hydrogen-bond acceptors (Lipinski definition) is 2. The zero-order valence-electron chi connectivity index (χ0n) is 11.1. The number of H-pyrrole nitrogens is 2. The number of aliphatic hydroxyl groups is 1. The van der Waals surface area contributed by atoms with Crippen LogP contribution in [-0.4, -0.2) is 15.1 Å². The van der Waals surface area contributed by atoms with Crippen molar-refractivity contribution < 1.29 is 9.50 Å². The Morgan fingerprint density at radius 2 is 1.86 bits per heavy atom. The summed E-state index contributed by atoms with van der Waals surface area (Å²) in [4.78, 5) is 16.6. The topological polar surface area (TPSA) is 68.9 Å². The second-order valence-electron chi connectivity index (χ2n) is 4.91. The highest BCUT2D eigenvalue weighted by Gasteiger charge is 2.16. The van der Waals surface area contributed by atoms with Crippen molar-refractivity contribution >= 4 is 27.0 Å². The first-order valence-electron chi connectivity index (χ1n) is 6.31. The van der Waals surface area contributed by atoms with Crippen LogP contribution in [-0.2, 0) is 0 Å². The summed E-state index contributed by atoms with van der Waals surface area (Å²) in [5.41, 5.74) is 2.62. The Kier molecular flexibility index (Phi) is 3.43. The van der Waals surface area contributed by atoms with Gasteiger partial charge in [-0.15, -0.1) is 0 Å². The molecule has 0 spiro atoms. The van der Waals surface area contributed by atoms with Crippen molar-refractivity contribution in [1.82, 2.24) is 9.97 Å². The van der Waals surface area contributed by atoms with Crippen molar-refractivity contribution in [2.75, 3.05) is 0 Å². The van der Waals surface area contributed by atoms with Crippen LogP contribution in [0.15, 0.2) is 39.6 Å². The van der Waals surface area contributed by atoms with Crippen LogP contribution in [0.1, 0.15) is 22.8 Å². The van der Waals surface area contributed by atoms with Gasteiger partial charge in [0.1, 0.15) is 11.9 Å². The third kappa shape index (κ3) is 2.52. The zero-order chi connectivity index (χ0) is 15.1. The lowest BCUT2D eigenvalue weighted by molar-refractivity contribution is 0.219. The van der Waals surface area contributed by atoms with Gasteiger partial charge in [0, 0.05) is 10.0 Å². The first kappa shape index (κ1) is 14.0. The predicted octanol–water partition coefficient (Wildman–Crippen LogP) is 3.15. The summed E-state index contributed by atoms with van der Waals surface area (Å²) in [6.07, 6.45) is -0.915. The Hall–Kier alpha value is -1.92. The number of aromatic nitrogens is 2. The minimum absolute atomic E-state index is 0.304. The normalized spacial score (nSPS) is 12.8. The molecule has 1 unspecified atom stereocenters. The number of halogens is 2. The van der Waals surface area contributed by atoms with Gasteiger partial charge >= 0.3 is 5.69 Å². The minimum Gasteiger partial charge on any atom is -0.384 e. The van der Waals surface area contributed by atoms with Crippen molar-refractivity contribution in [3.05, 3.63) is 67.8 Å². The molecule has 1 atom stereocenters. The molecule has 108 valence electrons. The van der Waals surface area contributed by atoms with E-state index in [4.69, 9.17) is 0 Å². The first-order valence-corrected chi connectivity index (χ1v) is 7.10. The fourth-order valence-electron chi connectivity index (χ4n) is 2.30. The first-order chi connectivity index (χ1) is 9.95. The van der Waals surface area contributed by atoms with Crippen molar-refractivity contribution in [1.29, 1.82) is 0 Å². The van der Waals surface area contributed by atoms with Gasteiger partial charge in [0.05, 0.1) is 11.0 Å². The van der Waals surface area contributed by atoms with Crippen molar-refractivity contribution in [2.24, 2.45) is 0 Å². The molecule has 0 amide bonds. The van der Waals surface area contributed by atoms with Gasteiger partial charge in [-0.3, -0.25) is 0 Å². The van der Waals surface area contributed by atoms with Crippen LogP contribution < -0.4 is 5.69 Å².